The largest absolute Gasteiger partial charge is 0.465 e. The molecule has 1 aromatic heterocycles. The Morgan fingerprint density at radius 3 is 3.04 bits per heavy atom. The molecule has 2 aliphatic rings. The van der Waals surface area contributed by atoms with Crippen LogP contribution in [0.2, 0.25) is 0 Å². The second kappa shape index (κ2) is 6.52. The summed E-state index contributed by atoms with van der Waals surface area (Å²) in [6.45, 7) is 2.72. The fourth-order valence-corrected chi connectivity index (χ4v) is 3.83. The molecular formula is C18H22N2O3. The van der Waals surface area contributed by atoms with Crippen LogP contribution in [0.1, 0.15) is 43.0 Å². The summed E-state index contributed by atoms with van der Waals surface area (Å²) in [7, 11) is 0. The van der Waals surface area contributed by atoms with E-state index in [1.54, 1.807) is 24.5 Å². The number of pyridine rings is 1. The summed E-state index contributed by atoms with van der Waals surface area (Å²) < 4.78 is 5.35. The van der Waals surface area contributed by atoms with Gasteiger partial charge in [0.1, 0.15) is 0 Å². The normalized spacial score (nSPS) is 26.5. The molecule has 1 fully saturated rings. The number of nitrogens with zero attached hydrogens (tertiary/aromatic N) is 2. The topological polar surface area (TPSA) is 59.5 Å². The number of hydrogen-bond acceptors (Lipinski definition) is 4. The maximum Gasteiger partial charge on any atom is 0.314 e. The van der Waals surface area contributed by atoms with Crippen LogP contribution in [0.15, 0.2) is 36.7 Å². The molecule has 5 heteroatoms. The van der Waals surface area contributed by atoms with Gasteiger partial charge in [-0.1, -0.05) is 18.6 Å². The molecule has 2 atom stereocenters. The number of ether oxygens (including phenoxy) is 1. The summed E-state index contributed by atoms with van der Waals surface area (Å²) in [6.07, 6.45) is 10.4. The van der Waals surface area contributed by atoms with Crippen LogP contribution in [0.25, 0.3) is 0 Å². The molecule has 2 heterocycles. The van der Waals surface area contributed by atoms with Gasteiger partial charge >= 0.3 is 5.97 Å². The molecular weight excluding hydrogens is 292 g/mol. The van der Waals surface area contributed by atoms with Gasteiger partial charge in [-0.2, -0.15) is 0 Å². The molecule has 23 heavy (non-hydrogen) atoms. The first-order chi connectivity index (χ1) is 11.2. The highest BCUT2D eigenvalue weighted by Gasteiger charge is 2.53. The summed E-state index contributed by atoms with van der Waals surface area (Å²) in [6, 6.07) is 3.42. The summed E-state index contributed by atoms with van der Waals surface area (Å²) in [5.41, 5.74) is -0.0339. The number of allylic oxidation sites excluding steroid dienone is 1. The van der Waals surface area contributed by atoms with E-state index in [9.17, 15) is 9.59 Å². The molecule has 0 saturated heterocycles. The van der Waals surface area contributed by atoms with Crippen LogP contribution in [0.5, 0.6) is 0 Å². The number of rotatable bonds is 3. The number of aromatic nitrogens is 1. The Kier molecular flexibility index (Phi) is 4.46. The van der Waals surface area contributed by atoms with Crippen LogP contribution in [0, 0.1) is 5.41 Å². The second-order valence-electron chi connectivity index (χ2n) is 6.16. The van der Waals surface area contributed by atoms with Crippen molar-refractivity contribution in [3.8, 4) is 0 Å². The minimum absolute atomic E-state index is 0.0646. The Bertz CT molecular complexity index is 614. The van der Waals surface area contributed by atoms with E-state index in [-0.39, 0.29) is 17.9 Å². The zero-order valence-corrected chi connectivity index (χ0v) is 13.4. The molecule has 0 spiro atoms. The van der Waals surface area contributed by atoms with Crippen molar-refractivity contribution < 1.29 is 14.3 Å². The highest BCUT2D eigenvalue weighted by atomic mass is 16.5. The Balaban J connectivity index is 1.93. The van der Waals surface area contributed by atoms with Gasteiger partial charge in [-0.3, -0.25) is 14.6 Å². The van der Waals surface area contributed by atoms with Crippen molar-refractivity contribution in [1.29, 1.82) is 0 Å². The predicted octanol–water partition coefficient (Wildman–Crippen LogP) is 2.59. The van der Waals surface area contributed by atoms with Gasteiger partial charge in [-0.05, 0) is 38.3 Å². The first-order valence-corrected chi connectivity index (χ1v) is 8.22. The molecule has 5 nitrogen and oxygen atoms in total. The lowest BCUT2D eigenvalue weighted by Crippen LogP contribution is -2.50. The Hall–Kier alpha value is -2.17. The van der Waals surface area contributed by atoms with Gasteiger partial charge in [0.2, 0.25) is 0 Å². The lowest BCUT2D eigenvalue weighted by Gasteiger charge is -2.38. The number of amides is 1. The Morgan fingerprint density at radius 1 is 1.43 bits per heavy atom. The fraction of sp³-hybridized carbons (Fsp3) is 0.500. The van der Waals surface area contributed by atoms with E-state index < -0.39 is 5.41 Å². The molecule has 3 rings (SSSR count). The number of carbonyl (C=O) groups is 2. The zero-order valence-electron chi connectivity index (χ0n) is 13.4. The summed E-state index contributed by atoms with van der Waals surface area (Å²) in [4.78, 5) is 31.4. The summed E-state index contributed by atoms with van der Waals surface area (Å²) in [5, 5.41) is 0. The minimum atomic E-state index is -0.596. The number of carbonyl (C=O) groups excluding carboxylic acids is 2. The van der Waals surface area contributed by atoms with E-state index in [0.717, 1.165) is 19.3 Å². The average molecular weight is 314 g/mol. The zero-order chi connectivity index (χ0) is 16.3. The molecule has 0 radical (unpaired) electrons. The molecule has 0 unspecified atom stereocenters. The van der Waals surface area contributed by atoms with Crippen LogP contribution < -0.4 is 0 Å². The third-order valence-corrected chi connectivity index (χ3v) is 4.92. The van der Waals surface area contributed by atoms with Crippen LogP contribution in [0.4, 0.5) is 0 Å². The molecule has 1 aliphatic carbocycles. The standard InChI is InChI=1S/C18H22N2O3/c1-2-23-17(22)18-9-3-4-12-20(15(18)8-5-10-18)16(21)14-7-6-11-19-13-14/h3-4,6-7,11,13,15H,2,5,8-10,12H2,1H3/t15-,18-/m1/s1. The first kappa shape index (κ1) is 15.7. The number of hydrogen-bond donors (Lipinski definition) is 0. The minimum Gasteiger partial charge on any atom is -0.465 e. The van der Waals surface area contributed by atoms with E-state index in [0.29, 0.717) is 25.1 Å². The van der Waals surface area contributed by atoms with E-state index in [1.165, 1.54) is 0 Å². The van der Waals surface area contributed by atoms with Crippen molar-refractivity contribution in [2.24, 2.45) is 5.41 Å². The van der Waals surface area contributed by atoms with Gasteiger partial charge in [0.15, 0.2) is 0 Å². The van der Waals surface area contributed by atoms with Gasteiger partial charge in [-0.25, -0.2) is 0 Å². The molecule has 122 valence electrons. The lowest BCUT2D eigenvalue weighted by molar-refractivity contribution is -0.157. The van der Waals surface area contributed by atoms with Crippen molar-refractivity contribution in [2.45, 2.75) is 38.6 Å². The molecule has 1 amide bonds. The maximum atomic E-state index is 12.9. The highest BCUT2D eigenvalue weighted by Crippen LogP contribution is 2.47. The lowest BCUT2D eigenvalue weighted by atomic mass is 9.79. The van der Waals surface area contributed by atoms with Crippen molar-refractivity contribution in [3.05, 3.63) is 42.2 Å². The van der Waals surface area contributed by atoms with Gasteiger partial charge in [0.05, 0.1) is 17.6 Å². The molecule has 1 saturated carbocycles. The number of esters is 1. The van der Waals surface area contributed by atoms with Crippen LogP contribution in [0.3, 0.4) is 0 Å². The molecule has 1 aliphatic heterocycles. The van der Waals surface area contributed by atoms with E-state index >= 15 is 0 Å². The Morgan fingerprint density at radius 2 is 2.30 bits per heavy atom. The SMILES string of the molecule is CCOC(=O)[C@@]12CC=CCN(C(=O)c3cccnc3)[C@@H]1CCC2. The van der Waals surface area contributed by atoms with Crippen molar-refractivity contribution in [2.75, 3.05) is 13.2 Å². The Labute approximate surface area is 136 Å². The van der Waals surface area contributed by atoms with E-state index in [1.807, 2.05) is 24.0 Å². The van der Waals surface area contributed by atoms with Crippen molar-refractivity contribution >= 4 is 11.9 Å². The first-order valence-electron chi connectivity index (χ1n) is 8.22. The van der Waals surface area contributed by atoms with Gasteiger partial charge < -0.3 is 9.64 Å². The molecule has 0 bridgehead atoms. The smallest absolute Gasteiger partial charge is 0.314 e. The third-order valence-electron chi connectivity index (χ3n) is 4.92. The predicted molar refractivity (Wildman–Crippen MR) is 85.7 cm³/mol. The monoisotopic (exact) mass is 314 g/mol. The summed E-state index contributed by atoms with van der Waals surface area (Å²) >= 11 is 0. The second-order valence-corrected chi connectivity index (χ2v) is 6.16. The van der Waals surface area contributed by atoms with Gasteiger partial charge in [-0.15, -0.1) is 0 Å². The van der Waals surface area contributed by atoms with Crippen LogP contribution >= 0.6 is 0 Å². The maximum absolute atomic E-state index is 12.9. The number of fused-ring (bicyclic) bond motifs is 1. The van der Waals surface area contributed by atoms with E-state index in [2.05, 4.69) is 4.98 Å². The van der Waals surface area contributed by atoms with Gasteiger partial charge in [0, 0.05) is 25.0 Å². The van der Waals surface area contributed by atoms with Gasteiger partial charge in [0.25, 0.3) is 5.91 Å². The molecule has 0 aromatic carbocycles. The quantitative estimate of drug-likeness (QED) is 0.635. The third kappa shape index (κ3) is 2.76. The highest BCUT2D eigenvalue weighted by molar-refractivity contribution is 5.95. The average Bonchev–Trinajstić information content (AvgIpc) is 2.92. The van der Waals surface area contributed by atoms with E-state index in [4.69, 9.17) is 4.74 Å². The fourth-order valence-electron chi connectivity index (χ4n) is 3.83. The van der Waals surface area contributed by atoms with Crippen molar-refractivity contribution in [3.63, 3.8) is 0 Å². The van der Waals surface area contributed by atoms with Crippen LogP contribution in [-0.2, 0) is 9.53 Å². The summed E-state index contributed by atoms with van der Waals surface area (Å²) in [5.74, 6) is -0.233. The molecule has 1 aromatic rings. The van der Waals surface area contributed by atoms with Crippen LogP contribution in [-0.4, -0.2) is 41.0 Å². The molecule has 0 N–H and O–H groups in total. The van der Waals surface area contributed by atoms with Crippen molar-refractivity contribution in [1.82, 2.24) is 9.88 Å².